The van der Waals surface area contributed by atoms with Crippen molar-refractivity contribution in [2.75, 3.05) is 0 Å². The number of sulfonamides is 1. The highest BCUT2D eigenvalue weighted by atomic mass is 35.5. The van der Waals surface area contributed by atoms with Crippen molar-refractivity contribution in [2.45, 2.75) is 51.3 Å². The van der Waals surface area contributed by atoms with E-state index in [9.17, 15) is 22.0 Å². The molecule has 9 nitrogen and oxygen atoms in total. The Hall–Kier alpha value is -3.35. The summed E-state index contributed by atoms with van der Waals surface area (Å²) in [6.45, 7) is 5.06. The lowest BCUT2D eigenvalue weighted by molar-refractivity contribution is 0.130. The second-order valence-electron chi connectivity index (χ2n) is 8.53. The molecular formula is C24H23ClF2N4O5S. The van der Waals surface area contributed by atoms with Gasteiger partial charge >= 0.3 is 0 Å². The van der Waals surface area contributed by atoms with Gasteiger partial charge in [0.1, 0.15) is 22.6 Å². The first-order valence-corrected chi connectivity index (χ1v) is 13.0. The lowest BCUT2D eigenvalue weighted by Gasteiger charge is -2.19. The van der Waals surface area contributed by atoms with Gasteiger partial charge in [-0.2, -0.15) is 5.10 Å². The van der Waals surface area contributed by atoms with E-state index in [0.717, 1.165) is 5.56 Å². The summed E-state index contributed by atoms with van der Waals surface area (Å²) in [7, 11) is -4.25. The summed E-state index contributed by atoms with van der Waals surface area (Å²) in [5.41, 5.74) is 1.93. The first kappa shape index (κ1) is 26.7. The fourth-order valence-corrected chi connectivity index (χ4v) is 4.75. The number of alkyl halides is 2. The molecule has 3 heterocycles. The van der Waals surface area contributed by atoms with Crippen molar-refractivity contribution in [3.8, 4) is 17.1 Å². The fourth-order valence-electron chi connectivity index (χ4n) is 3.93. The van der Waals surface area contributed by atoms with Gasteiger partial charge in [-0.05, 0) is 50.6 Å². The molecule has 0 aliphatic heterocycles. The minimum Gasteiger partial charge on any atom is -0.483 e. The number of ether oxygens (including phenoxy) is 1. The second kappa shape index (κ2) is 10.2. The van der Waals surface area contributed by atoms with Crippen LogP contribution in [0, 0.1) is 13.8 Å². The molecule has 0 aliphatic rings. The first-order valence-electron chi connectivity index (χ1n) is 11.1. The van der Waals surface area contributed by atoms with Crippen molar-refractivity contribution in [3.05, 3.63) is 68.7 Å². The average Bonchev–Trinajstić information content (AvgIpc) is 3.29. The Morgan fingerprint density at radius 3 is 2.65 bits per heavy atom. The molecule has 4 aromatic rings. The largest absolute Gasteiger partial charge is 0.483 e. The van der Waals surface area contributed by atoms with Gasteiger partial charge in [-0.1, -0.05) is 11.6 Å². The van der Waals surface area contributed by atoms with Crippen molar-refractivity contribution in [3.63, 3.8) is 0 Å². The van der Waals surface area contributed by atoms with E-state index in [-0.39, 0.29) is 40.6 Å². The Morgan fingerprint density at radius 1 is 1.24 bits per heavy atom. The van der Waals surface area contributed by atoms with Gasteiger partial charge in [-0.15, -0.1) is 0 Å². The summed E-state index contributed by atoms with van der Waals surface area (Å²) < 4.78 is 62.7. The third kappa shape index (κ3) is 5.65. The summed E-state index contributed by atoms with van der Waals surface area (Å²) in [6, 6.07) is 6.13. The SMILES string of the molecule is Cc1cc(C(C)Oc2ccc(Cl)nc2S(N)(=O)=O)c2oc(-c3cnn(CCC(F)F)c3)c(C)c(=O)c2c1. The number of hydrogen-bond donors (Lipinski definition) is 1. The maximum absolute atomic E-state index is 13.3. The molecule has 2 N–H and O–H groups in total. The van der Waals surface area contributed by atoms with E-state index in [1.54, 1.807) is 32.9 Å². The van der Waals surface area contributed by atoms with Crippen LogP contribution in [0.5, 0.6) is 5.75 Å². The Kier molecular flexibility index (Phi) is 7.36. The topological polar surface area (TPSA) is 130 Å². The van der Waals surface area contributed by atoms with Crippen molar-refractivity contribution in [2.24, 2.45) is 5.14 Å². The summed E-state index contributed by atoms with van der Waals surface area (Å²) in [6.07, 6.45) is -0.663. The van der Waals surface area contributed by atoms with Crippen LogP contribution in [0.1, 0.15) is 36.1 Å². The molecule has 1 aromatic carbocycles. The molecule has 0 radical (unpaired) electrons. The normalized spacial score (nSPS) is 12.9. The van der Waals surface area contributed by atoms with Crippen LogP contribution in [-0.2, 0) is 16.6 Å². The van der Waals surface area contributed by atoms with Crippen LogP contribution in [0.25, 0.3) is 22.3 Å². The molecule has 0 amide bonds. The molecule has 13 heteroatoms. The quantitative estimate of drug-likeness (QED) is 0.312. The predicted molar refractivity (Wildman–Crippen MR) is 133 cm³/mol. The number of hydrogen-bond acceptors (Lipinski definition) is 7. The highest BCUT2D eigenvalue weighted by Gasteiger charge is 2.24. The fraction of sp³-hybridized carbons (Fsp3) is 0.292. The Morgan fingerprint density at radius 2 is 1.97 bits per heavy atom. The molecule has 3 aromatic heterocycles. The zero-order valence-electron chi connectivity index (χ0n) is 20.0. The highest BCUT2D eigenvalue weighted by molar-refractivity contribution is 7.89. The van der Waals surface area contributed by atoms with Crippen LogP contribution in [0.3, 0.4) is 0 Å². The molecule has 196 valence electrons. The van der Waals surface area contributed by atoms with E-state index in [1.807, 2.05) is 0 Å². The van der Waals surface area contributed by atoms with Crippen LogP contribution < -0.4 is 15.3 Å². The van der Waals surface area contributed by atoms with Gasteiger partial charge in [-0.25, -0.2) is 27.3 Å². The number of aryl methyl sites for hydroxylation is 2. The standard InChI is InChI=1S/C24H23ClF2N4O5S/c1-12-8-16(14(3)35-18-4-5-19(25)30-24(18)37(28,33)34)23-17(9-12)21(32)13(2)22(36-23)15-10-29-31(11-15)7-6-20(26)27/h4-5,8-11,14,20H,6-7H2,1-3H3,(H2,28,33,34). The van der Waals surface area contributed by atoms with E-state index >= 15 is 0 Å². The van der Waals surface area contributed by atoms with Gasteiger partial charge in [0.15, 0.2) is 11.2 Å². The number of pyridine rings is 1. The lowest BCUT2D eigenvalue weighted by atomic mass is 10.0. The smallest absolute Gasteiger partial charge is 0.259 e. The molecule has 0 bridgehead atoms. The van der Waals surface area contributed by atoms with Crippen molar-refractivity contribution in [1.82, 2.24) is 14.8 Å². The molecule has 1 unspecified atom stereocenters. The average molecular weight is 553 g/mol. The first-order chi connectivity index (χ1) is 17.3. The van der Waals surface area contributed by atoms with Crippen LogP contribution in [-0.4, -0.2) is 29.6 Å². The number of nitrogens with zero attached hydrogens (tertiary/aromatic N) is 3. The maximum atomic E-state index is 13.3. The van der Waals surface area contributed by atoms with E-state index < -0.39 is 27.6 Å². The molecule has 1 atom stereocenters. The van der Waals surface area contributed by atoms with Crippen molar-refractivity contribution < 1.29 is 26.4 Å². The van der Waals surface area contributed by atoms with E-state index in [4.69, 9.17) is 25.9 Å². The Bertz CT molecular complexity index is 1650. The van der Waals surface area contributed by atoms with Crippen LogP contribution in [0.2, 0.25) is 5.15 Å². The third-order valence-electron chi connectivity index (χ3n) is 5.67. The predicted octanol–water partition coefficient (Wildman–Crippen LogP) is 4.76. The molecule has 0 aliphatic carbocycles. The number of benzene rings is 1. The van der Waals surface area contributed by atoms with Gasteiger partial charge < -0.3 is 9.15 Å². The molecular weight excluding hydrogens is 530 g/mol. The molecule has 0 fully saturated rings. The van der Waals surface area contributed by atoms with Crippen molar-refractivity contribution >= 4 is 32.6 Å². The number of aromatic nitrogens is 3. The van der Waals surface area contributed by atoms with Gasteiger partial charge in [0.2, 0.25) is 11.5 Å². The third-order valence-corrected chi connectivity index (χ3v) is 6.71. The van der Waals surface area contributed by atoms with E-state index in [1.165, 1.54) is 29.2 Å². The van der Waals surface area contributed by atoms with Crippen LogP contribution in [0.4, 0.5) is 8.78 Å². The van der Waals surface area contributed by atoms with Gasteiger partial charge in [0.25, 0.3) is 10.0 Å². The molecule has 37 heavy (non-hydrogen) atoms. The van der Waals surface area contributed by atoms with Gasteiger partial charge in [0.05, 0.1) is 17.1 Å². The number of nitrogens with two attached hydrogens (primary N) is 1. The minimum absolute atomic E-state index is 0.00532. The second-order valence-corrected chi connectivity index (χ2v) is 10.4. The summed E-state index contributed by atoms with van der Waals surface area (Å²) in [4.78, 5) is 17.1. The number of fused-ring (bicyclic) bond motifs is 1. The van der Waals surface area contributed by atoms with Gasteiger partial charge in [-0.3, -0.25) is 9.48 Å². The summed E-state index contributed by atoms with van der Waals surface area (Å²) in [5.74, 6) is 0.112. The molecule has 4 rings (SSSR count). The number of halogens is 3. The van der Waals surface area contributed by atoms with Crippen molar-refractivity contribution in [1.29, 1.82) is 0 Å². The van der Waals surface area contributed by atoms with Crippen LogP contribution >= 0.6 is 11.6 Å². The zero-order valence-corrected chi connectivity index (χ0v) is 21.6. The van der Waals surface area contributed by atoms with Gasteiger partial charge in [0, 0.05) is 30.3 Å². The van der Waals surface area contributed by atoms with E-state index in [2.05, 4.69) is 10.1 Å². The molecule has 0 saturated heterocycles. The number of rotatable bonds is 8. The summed E-state index contributed by atoms with van der Waals surface area (Å²) >= 11 is 5.84. The number of primary sulfonamides is 1. The zero-order chi connectivity index (χ0) is 27.1. The van der Waals surface area contributed by atoms with Crippen LogP contribution in [0.15, 0.2) is 50.9 Å². The lowest BCUT2D eigenvalue weighted by Crippen LogP contribution is -2.17. The Balaban J connectivity index is 1.82. The molecule has 0 saturated carbocycles. The Labute approximate surface area is 215 Å². The molecule has 0 spiro atoms. The summed E-state index contributed by atoms with van der Waals surface area (Å²) in [5, 5.41) is 9.07. The monoisotopic (exact) mass is 552 g/mol. The van der Waals surface area contributed by atoms with E-state index in [0.29, 0.717) is 22.1 Å². The highest BCUT2D eigenvalue weighted by Crippen LogP contribution is 2.34. The maximum Gasteiger partial charge on any atom is 0.259 e. The minimum atomic E-state index is -4.25.